The van der Waals surface area contributed by atoms with Gasteiger partial charge in [-0.25, -0.2) is 4.79 Å². The molecular formula is C12H14O5. The number of phenols is 1. The highest BCUT2D eigenvalue weighted by molar-refractivity contribution is 5.79. The number of carboxylic acid groups (broad SMARTS) is 1. The summed E-state index contributed by atoms with van der Waals surface area (Å²) in [6, 6.07) is 4.53. The number of aliphatic carboxylic acids is 1. The molecule has 0 unspecified atom stereocenters. The lowest BCUT2D eigenvalue weighted by molar-refractivity contribution is -0.131. The molecule has 92 valence electrons. The molecule has 0 saturated heterocycles. The maximum Gasteiger partial charge on any atom is 0.327 e. The lowest BCUT2D eigenvalue weighted by Crippen LogP contribution is -1.97. The summed E-state index contributed by atoms with van der Waals surface area (Å²) in [6.45, 7) is 0. The first-order valence-corrected chi connectivity index (χ1v) is 4.99. The summed E-state index contributed by atoms with van der Waals surface area (Å²) >= 11 is 0. The first-order chi connectivity index (χ1) is 8.04. The fourth-order valence-corrected chi connectivity index (χ4v) is 1.35. The van der Waals surface area contributed by atoms with Crippen LogP contribution in [0.3, 0.4) is 0 Å². The largest absolute Gasteiger partial charge is 0.504 e. The van der Waals surface area contributed by atoms with Gasteiger partial charge in [-0.2, -0.15) is 0 Å². The minimum absolute atomic E-state index is 0.0636. The third-order valence-corrected chi connectivity index (χ3v) is 2.21. The van der Waals surface area contributed by atoms with Crippen LogP contribution in [0.2, 0.25) is 0 Å². The van der Waals surface area contributed by atoms with Crippen LogP contribution in [0.4, 0.5) is 0 Å². The van der Waals surface area contributed by atoms with Gasteiger partial charge in [-0.05, 0) is 24.1 Å². The monoisotopic (exact) mass is 238 g/mol. The average Bonchev–Trinajstić information content (AvgIpc) is 2.28. The number of hydrogen-bond donors (Lipinski definition) is 3. The van der Waals surface area contributed by atoms with Crippen molar-refractivity contribution in [3.05, 3.63) is 35.9 Å². The highest BCUT2D eigenvalue weighted by Crippen LogP contribution is 2.29. The van der Waals surface area contributed by atoms with Crippen LogP contribution >= 0.6 is 0 Å². The van der Waals surface area contributed by atoms with Gasteiger partial charge in [0, 0.05) is 6.08 Å². The molecule has 1 aromatic carbocycles. The third-order valence-electron chi connectivity index (χ3n) is 2.21. The molecule has 0 aliphatic heterocycles. The Kier molecular flexibility index (Phi) is 4.54. The summed E-state index contributed by atoms with van der Waals surface area (Å²) in [5, 5.41) is 27.6. The predicted octanol–water partition coefficient (Wildman–Crippen LogP) is 1.47. The van der Waals surface area contributed by atoms with E-state index in [1.54, 1.807) is 6.07 Å². The van der Waals surface area contributed by atoms with Crippen molar-refractivity contribution in [3.8, 4) is 11.5 Å². The number of aromatic hydroxyl groups is 1. The molecule has 0 saturated carbocycles. The van der Waals surface area contributed by atoms with Crippen molar-refractivity contribution in [1.82, 2.24) is 0 Å². The summed E-state index contributed by atoms with van der Waals surface area (Å²) in [6.07, 6.45) is 1.63. The number of ether oxygens (including phenoxy) is 1. The lowest BCUT2D eigenvalue weighted by Gasteiger charge is -2.10. The van der Waals surface area contributed by atoms with Crippen molar-refractivity contribution in [2.75, 3.05) is 7.11 Å². The molecule has 0 radical (unpaired) electrons. The zero-order chi connectivity index (χ0) is 12.8. The van der Waals surface area contributed by atoms with Crippen LogP contribution < -0.4 is 4.74 Å². The highest BCUT2D eigenvalue weighted by atomic mass is 16.5. The minimum Gasteiger partial charge on any atom is -0.504 e. The molecule has 0 spiro atoms. The van der Waals surface area contributed by atoms with Gasteiger partial charge < -0.3 is 20.1 Å². The molecule has 1 aromatic rings. The Bertz CT molecular complexity index is 425. The maximum atomic E-state index is 10.2. The Morgan fingerprint density at radius 1 is 1.53 bits per heavy atom. The van der Waals surface area contributed by atoms with Gasteiger partial charge in [0.05, 0.1) is 13.2 Å². The summed E-state index contributed by atoms with van der Waals surface area (Å²) in [4.78, 5) is 10.2. The Morgan fingerprint density at radius 2 is 2.24 bits per heavy atom. The van der Waals surface area contributed by atoms with Crippen LogP contribution in [0, 0.1) is 0 Å². The van der Waals surface area contributed by atoms with E-state index in [0.29, 0.717) is 11.3 Å². The van der Waals surface area contributed by atoms with Crippen LogP contribution in [-0.4, -0.2) is 28.4 Å². The Morgan fingerprint density at radius 3 is 2.76 bits per heavy atom. The second-order valence-electron chi connectivity index (χ2n) is 3.42. The number of hydrogen-bond acceptors (Lipinski definition) is 4. The fourth-order valence-electron chi connectivity index (χ4n) is 1.35. The van der Waals surface area contributed by atoms with Crippen molar-refractivity contribution >= 4 is 5.97 Å². The normalized spacial score (nSPS) is 12.6. The topological polar surface area (TPSA) is 87.0 Å². The molecule has 0 amide bonds. The van der Waals surface area contributed by atoms with Gasteiger partial charge in [-0.3, -0.25) is 0 Å². The first kappa shape index (κ1) is 13.1. The van der Waals surface area contributed by atoms with E-state index in [1.807, 2.05) is 0 Å². The summed E-state index contributed by atoms with van der Waals surface area (Å²) in [7, 11) is 1.43. The SMILES string of the molecule is COc1ccc([C@@H](O)C/C=C/C(=O)O)cc1O. The number of carbonyl (C=O) groups is 1. The van der Waals surface area contributed by atoms with Crippen molar-refractivity contribution in [2.24, 2.45) is 0 Å². The fraction of sp³-hybridized carbons (Fsp3) is 0.250. The van der Waals surface area contributed by atoms with E-state index >= 15 is 0 Å². The van der Waals surface area contributed by atoms with E-state index < -0.39 is 12.1 Å². The molecule has 5 heteroatoms. The van der Waals surface area contributed by atoms with Crippen molar-refractivity contribution in [1.29, 1.82) is 0 Å². The number of aliphatic hydroxyl groups excluding tert-OH is 1. The summed E-state index contributed by atoms with van der Waals surface area (Å²) in [5.41, 5.74) is 0.498. The Hall–Kier alpha value is -2.01. The van der Waals surface area contributed by atoms with Crippen LogP contribution in [0.15, 0.2) is 30.4 Å². The Balaban J connectivity index is 2.72. The standard InChI is InChI=1S/C12H14O5/c1-17-11-6-5-8(7-10(11)14)9(13)3-2-4-12(15)16/h2,4-7,9,13-14H,3H2,1H3,(H,15,16)/b4-2+/t9-/m0/s1. The van der Waals surface area contributed by atoms with E-state index in [1.165, 1.54) is 25.3 Å². The highest BCUT2D eigenvalue weighted by Gasteiger charge is 2.09. The molecular weight excluding hydrogens is 224 g/mol. The molecule has 0 aromatic heterocycles. The van der Waals surface area contributed by atoms with Gasteiger partial charge in [-0.1, -0.05) is 12.1 Å². The smallest absolute Gasteiger partial charge is 0.327 e. The van der Waals surface area contributed by atoms with Gasteiger partial charge in [0.25, 0.3) is 0 Å². The molecule has 0 heterocycles. The van der Waals surface area contributed by atoms with Crippen LogP contribution in [-0.2, 0) is 4.79 Å². The van der Waals surface area contributed by atoms with Crippen molar-refractivity contribution < 1.29 is 24.9 Å². The number of carboxylic acids is 1. The Labute approximate surface area is 98.6 Å². The molecule has 0 bridgehead atoms. The quantitative estimate of drug-likeness (QED) is 0.676. The molecule has 0 fully saturated rings. The van der Waals surface area contributed by atoms with Crippen molar-refractivity contribution in [3.63, 3.8) is 0 Å². The van der Waals surface area contributed by atoms with Crippen molar-refractivity contribution in [2.45, 2.75) is 12.5 Å². The van der Waals surface area contributed by atoms with Crippen LogP contribution in [0.25, 0.3) is 0 Å². The molecule has 0 aliphatic rings. The second-order valence-corrected chi connectivity index (χ2v) is 3.42. The molecule has 5 nitrogen and oxygen atoms in total. The molecule has 3 N–H and O–H groups in total. The van der Waals surface area contributed by atoms with Gasteiger partial charge in [0.2, 0.25) is 0 Å². The number of phenolic OH excluding ortho intramolecular Hbond substituents is 1. The van der Waals surface area contributed by atoms with E-state index in [0.717, 1.165) is 6.08 Å². The maximum absolute atomic E-state index is 10.2. The predicted molar refractivity (Wildman–Crippen MR) is 61.0 cm³/mol. The number of aliphatic hydroxyl groups is 1. The van der Waals surface area contributed by atoms with Crippen LogP contribution in [0.1, 0.15) is 18.1 Å². The summed E-state index contributed by atoms with van der Waals surface area (Å²) in [5.74, 6) is -0.803. The zero-order valence-electron chi connectivity index (χ0n) is 9.33. The number of rotatable bonds is 5. The summed E-state index contributed by atoms with van der Waals surface area (Å²) < 4.78 is 4.87. The van der Waals surface area contributed by atoms with Gasteiger partial charge in [-0.15, -0.1) is 0 Å². The second kappa shape index (κ2) is 5.91. The minimum atomic E-state index is -1.06. The van der Waals surface area contributed by atoms with E-state index in [-0.39, 0.29) is 12.2 Å². The average molecular weight is 238 g/mol. The molecule has 1 rings (SSSR count). The molecule has 0 aliphatic carbocycles. The number of benzene rings is 1. The lowest BCUT2D eigenvalue weighted by atomic mass is 10.1. The van der Waals surface area contributed by atoms with E-state index in [2.05, 4.69) is 0 Å². The van der Waals surface area contributed by atoms with E-state index in [9.17, 15) is 15.0 Å². The molecule has 17 heavy (non-hydrogen) atoms. The molecule has 1 atom stereocenters. The van der Waals surface area contributed by atoms with Gasteiger partial charge in [0.15, 0.2) is 11.5 Å². The van der Waals surface area contributed by atoms with Gasteiger partial charge in [0.1, 0.15) is 0 Å². The van der Waals surface area contributed by atoms with Crippen LogP contribution in [0.5, 0.6) is 11.5 Å². The first-order valence-electron chi connectivity index (χ1n) is 4.99. The van der Waals surface area contributed by atoms with Gasteiger partial charge >= 0.3 is 5.97 Å². The third kappa shape index (κ3) is 3.81. The zero-order valence-corrected chi connectivity index (χ0v) is 9.33. The number of methoxy groups -OCH3 is 1. The van der Waals surface area contributed by atoms with E-state index in [4.69, 9.17) is 9.84 Å².